The maximum absolute atomic E-state index is 2.39. The van der Waals surface area contributed by atoms with Crippen LogP contribution in [0, 0.1) is 0 Å². The highest BCUT2D eigenvalue weighted by Crippen LogP contribution is 2.41. The summed E-state index contributed by atoms with van der Waals surface area (Å²) in [6.07, 6.45) is 0. The number of hydrogen-bond donors (Lipinski definition) is 0. The Morgan fingerprint density at radius 1 is 0.238 bits per heavy atom. The molecule has 0 amide bonds. The Balaban J connectivity index is 1.36. The molecule has 0 spiro atoms. The van der Waals surface area contributed by atoms with Gasteiger partial charge in [-0.15, -0.1) is 0 Å². The number of rotatable bonds is 4. The van der Waals surface area contributed by atoms with E-state index in [4.69, 9.17) is 0 Å². The van der Waals surface area contributed by atoms with Crippen LogP contribution in [0.4, 0.5) is 0 Å². The second-order valence-corrected chi connectivity index (χ2v) is 11.0. The molecule has 42 heavy (non-hydrogen) atoms. The van der Waals surface area contributed by atoms with Crippen molar-refractivity contribution in [1.82, 2.24) is 0 Å². The van der Waals surface area contributed by atoms with Crippen LogP contribution >= 0.6 is 0 Å². The summed E-state index contributed by atoms with van der Waals surface area (Å²) in [7, 11) is 0. The zero-order valence-corrected chi connectivity index (χ0v) is 23.2. The van der Waals surface area contributed by atoms with E-state index in [2.05, 4.69) is 170 Å². The molecule has 0 radical (unpaired) electrons. The first kappa shape index (κ1) is 24.3. The minimum Gasteiger partial charge on any atom is -0.0622 e. The van der Waals surface area contributed by atoms with Crippen LogP contribution in [0.5, 0.6) is 0 Å². The van der Waals surface area contributed by atoms with Gasteiger partial charge in [-0.3, -0.25) is 0 Å². The van der Waals surface area contributed by atoms with Gasteiger partial charge in [-0.2, -0.15) is 0 Å². The topological polar surface area (TPSA) is 0 Å². The quantitative estimate of drug-likeness (QED) is 0.198. The fourth-order valence-electron chi connectivity index (χ4n) is 6.34. The van der Waals surface area contributed by atoms with Crippen LogP contribution in [0.25, 0.3) is 76.8 Å². The first-order valence-corrected chi connectivity index (χ1v) is 14.5. The highest BCUT2D eigenvalue weighted by molar-refractivity contribution is 6.24. The third-order valence-electron chi connectivity index (χ3n) is 8.43. The summed E-state index contributed by atoms with van der Waals surface area (Å²) in [6.45, 7) is 0. The van der Waals surface area contributed by atoms with E-state index in [-0.39, 0.29) is 0 Å². The van der Waals surface area contributed by atoms with Crippen molar-refractivity contribution in [3.05, 3.63) is 170 Å². The molecule has 0 aliphatic heterocycles. The Bertz CT molecular complexity index is 2220. The molecule has 0 nitrogen and oxygen atoms in total. The van der Waals surface area contributed by atoms with Crippen LogP contribution in [-0.2, 0) is 0 Å². The highest BCUT2D eigenvalue weighted by atomic mass is 14.2. The van der Waals surface area contributed by atoms with Gasteiger partial charge >= 0.3 is 0 Å². The van der Waals surface area contributed by atoms with E-state index in [1.807, 2.05) is 0 Å². The van der Waals surface area contributed by atoms with Crippen molar-refractivity contribution >= 4 is 32.3 Å². The lowest BCUT2D eigenvalue weighted by molar-refractivity contribution is 1.60. The maximum Gasteiger partial charge on any atom is -0.00204 e. The van der Waals surface area contributed by atoms with Crippen molar-refractivity contribution in [2.75, 3.05) is 0 Å². The number of benzene rings is 8. The van der Waals surface area contributed by atoms with Gasteiger partial charge in [0.15, 0.2) is 0 Å². The SMILES string of the molecule is c1ccc(-c2cccc(-c3ccc4ccc5c(-c6cccc(-c7ccccc7)c6)cc6ccccc6c5c4c3)c2)cc1. The normalized spacial score (nSPS) is 11.3. The van der Waals surface area contributed by atoms with E-state index in [1.54, 1.807) is 0 Å². The Hall–Kier alpha value is -5.46. The van der Waals surface area contributed by atoms with Crippen LogP contribution in [0.15, 0.2) is 170 Å². The lowest BCUT2D eigenvalue weighted by Gasteiger charge is -2.15. The molecule has 0 atom stereocenters. The average Bonchev–Trinajstić information content (AvgIpc) is 3.08. The first-order valence-electron chi connectivity index (χ1n) is 14.5. The van der Waals surface area contributed by atoms with Gasteiger partial charge in [0.2, 0.25) is 0 Å². The molecule has 0 heterocycles. The van der Waals surface area contributed by atoms with Crippen molar-refractivity contribution in [2.24, 2.45) is 0 Å². The highest BCUT2D eigenvalue weighted by Gasteiger charge is 2.13. The van der Waals surface area contributed by atoms with Crippen LogP contribution < -0.4 is 0 Å². The molecule has 0 aliphatic rings. The molecule has 0 aromatic heterocycles. The second-order valence-electron chi connectivity index (χ2n) is 11.0. The van der Waals surface area contributed by atoms with Crippen LogP contribution in [0.2, 0.25) is 0 Å². The van der Waals surface area contributed by atoms with E-state index < -0.39 is 0 Å². The van der Waals surface area contributed by atoms with Gasteiger partial charge in [-0.25, -0.2) is 0 Å². The van der Waals surface area contributed by atoms with Gasteiger partial charge in [0, 0.05) is 0 Å². The molecule has 0 bridgehead atoms. The summed E-state index contributed by atoms with van der Waals surface area (Å²) in [6, 6.07) is 61.8. The molecule has 0 aliphatic carbocycles. The standard InChI is InChI=1S/C42H28/c1-3-11-29(12-4-1)32-16-9-18-34(25-32)35-22-21-31-23-24-39-40(28-37-15-7-8-20-38(37)42(39)41(31)27-35)36-19-10-17-33(26-36)30-13-5-2-6-14-30/h1-28H. The van der Waals surface area contributed by atoms with Crippen molar-refractivity contribution in [2.45, 2.75) is 0 Å². The monoisotopic (exact) mass is 532 g/mol. The molecule has 196 valence electrons. The van der Waals surface area contributed by atoms with Crippen LogP contribution in [0.1, 0.15) is 0 Å². The fourth-order valence-corrected chi connectivity index (χ4v) is 6.34. The molecule has 0 saturated carbocycles. The molecule has 0 N–H and O–H groups in total. The summed E-state index contributed by atoms with van der Waals surface area (Å²) in [5, 5.41) is 7.68. The molecule has 0 unspecified atom stereocenters. The third-order valence-corrected chi connectivity index (χ3v) is 8.43. The smallest absolute Gasteiger partial charge is 0.00204 e. The summed E-state index contributed by atoms with van der Waals surface area (Å²) in [5.41, 5.74) is 9.89. The van der Waals surface area contributed by atoms with Gasteiger partial charge in [-0.1, -0.05) is 146 Å². The molecule has 0 fully saturated rings. The van der Waals surface area contributed by atoms with Gasteiger partial charge in [0.1, 0.15) is 0 Å². The minimum atomic E-state index is 1.23. The van der Waals surface area contributed by atoms with E-state index in [0.717, 1.165) is 0 Å². The minimum absolute atomic E-state index is 1.23. The lowest BCUT2D eigenvalue weighted by atomic mass is 9.88. The molecule has 0 saturated heterocycles. The predicted molar refractivity (Wildman–Crippen MR) is 181 cm³/mol. The van der Waals surface area contributed by atoms with Crippen molar-refractivity contribution in [3.8, 4) is 44.5 Å². The van der Waals surface area contributed by atoms with E-state index >= 15 is 0 Å². The summed E-state index contributed by atoms with van der Waals surface area (Å²) < 4.78 is 0. The Morgan fingerprint density at radius 3 is 1.48 bits per heavy atom. The van der Waals surface area contributed by atoms with Crippen molar-refractivity contribution in [1.29, 1.82) is 0 Å². The Kier molecular flexibility index (Phi) is 5.90. The molecule has 8 aromatic carbocycles. The largest absolute Gasteiger partial charge is 0.0622 e. The van der Waals surface area contributed by atoms with Crippen molar-refractivity contribution < 1.29 is 0 Å². The zero-order valence-electron chi connectivity index (χ0n) is 23.2. The predicted octanol–water partition coefficient (Wildman–Crippen LogP) is 11.8. The third kappa shape index (κ3) is 4.26. The zero-order chi connectivity index (χ0) is 27.9. The summed E-state index contributed by atoms with van der Waals surface area (Å²) in [5.74, 6) is 0. The van der Waals surface area contributed by atoms with E-state index in [0.29, 0.717) is 0 Å². The van der Waals surface area contributed by atoms with Gasteiger partial charge in [0.25, 0.3) is 0 Å². The van der Waals surface area contributed by atoms with E-state index in [9.17, 15) is 0 Å². The lowest BCUT2D eigenvalue weighted by Crippen LogP contribution is -1.88. The van der Waals surface area contributed by atoms with Crippen LogP contribution in [0.3, 0.4) is 0 Å². The van der Waals surface area contributed by atoms with Crippen LogP contribution in [-0.4, -0.2) is 0 Å². The molecular formula is C42H28. The maximum atomic E-state index is 2.39. The molecule has 8 rings (SSSR count). The number of hydrogen-bond acceptors (Lipinski definition) is 0. The average molecular weight is 533 g/mol. The summed E-state index contributed by atoms with van der Waals surface area (Å²) >= 11 is 0. The molecular weight excluding hydrogens is 504 g/mol. The fraction of sp³-hybridized carbons (Fsp3) is 0. The van der Waals surface area contributed by atoms with Gasteiger partial charge in [-0.05, 0) is 101 Å². The van der Waals surface area contributed by atoms with Gasteiger partial charge in [0.05, 0.1) is 0 Å². The number of fused-ring (bicyclic) bond motifs is 5. The van der Waals surface area contributed by atoms with E-state index in [1.165, 1.54) is 76.8 Å². The Morgan fingerprint density at radius 2 is 0.762 bits per heavy atom. The first-order chi connectivity index (χ1) is 20.8. The molecule has 8 aromatic rings. The summed E-state index contributed by atoms with van der Waals surface area (Å²) in [4.78, 5) is 0. The van der Waals surface area contributed by atoms with Crippen molar-refractivity contribution in [3.63, 3.8) is 0 Å². The molecule has 0 heteroatoms. The second kappa shape index (κ2) is 10.2. The Labute approximate surface area is 246 Å². The van der Waals surface area contributed by atoms with Gasteiger partial charge < -0.3 is 0 Å².